The lowest BCUT2D eigenvalue weighted by Gasteiger charge is -2.12. The third-order valence-corrected chi connectivity index (χ3v) is 6.40. The Labute approximate surface area is 166 Å². The summed E-state index contributed by atoms with van der Waals surface area (Å²) in [6, 6.07) is 5.92. The lowest BCUT2D eigenvalue weighted by atomic mass is 9.93. The van der Waals surface area contributed by atoms with Gasteiger partial charge in [-0.2, -0.15) is 0 Å². The number of nitrogens with one attached hydrogen (secondary N) is 1. The molecule has 0 radical (unpaired) electrons. The number of Topliss-reactive ketones (excluding diaryl/α,β-unsaturated/α-hetero) is 1. The van der Waals surface area contributed by atoms with Gasteiger partial charge in [0.1, 0.15) is 15.8 Å². The number of halogens is 1. The van der Waals surface area contributed by atoms with Gasteiger partial charge in [0.25, 0.3) is 5.56 Å². The van der Waals surface area contributed by atoms with E-state index in [1.165, 1.54) is 16.7 Å². The minimum Gasteiger partial charge on any atom is -0.327 e. The molecule has 1 aliphatic carbocycles. The van der Waals surface area contributed by atoms with Crippen LogP contribution >= 0.6 is 22.9 Å². The number of benzene rings is 1. The van der Waals surface area contributed by atoms with Crippen molar-refractivity contribution in [3.8, 4) is 21.8 Å². The summed E-state index contributed by atoms with van der Waals surface area (Å²) < 4.78 is 0. The van der Waals surface area contributed by atoms with E-state index in [4.69, 9.17) is 16.6 Å². The third-order valence-electron chi connectivity index (χ3n) is 5.24. The maximum absolute atomic E-state index is 11.5. The average Bonchev–Trinajstić information content (AvgIpc) is 3.25. The first-order valence-electron chi connectivity index (χ1n) is 8.90. The number of H-pyrrole nitrogens is 1. The molecule has 6 heteroatoms. The average molecular weight is 399 g/mol. The molecule has 4 nitrogen and oxygen atoms in total. The van der Waals surface area contributed by atoms with Crippen molar-refractivity contribution in [2.75, 3.05) is 0 Å². The summed E-state index contributed by atoms with van der Waals surface area (Å²) in [6.07, 6.45) is 4.31. The number of aromatic nitrogens is 2. The molecule has 0 amide bonds. The molecule has 138 valence electrons. The summed E-state index contributed by atoms with van der Waals surface area (Å²) in [5, 5.41) is 3.08. The van der Waals surface area contributed by atoms with E-state index in [0.29, 0.717) is 12.3 Å². The molecular weight excluding hydrogens is 380 g/mol. The maximum Gasteiger partial charge on any atom is 0.266 e. The zero-order chi connectivity index (χ0) is 19.1. The Balaban J connectivity index is 1.69. The first kappa shape index (κ1) is 18.1. The number of hydrogen-bond acceptors (Lipinski definition) is 4. The summed E-state index contributed by atoms with van der Waals surface area (Å²) in [6.45, 7) is 3.81. The van der Waals surface area contributed by atoms with Crippen LogP contribution in [-0.2, 0) is 11.2 Å². The zero-order valence-electron chi connectivity index (χ0n) is 15.1. The van der Waals surface area contributed by atoms with Crippen molar-refractivity contribution in [1.82, 2.24) is 9.97 Å². The molecule has 1 aliphatic rings. The Bertz CT molecular complexity index is 1100. The molecule has 1 N–H and O–H groups in total. The fourth-order valence-electron chi connectivity index (χ4n) is 3.89. The fourth-order valence-corrected chi connectivity index (χ4v) is 4.97. The second kappa shape index (κ2) is 7.06. The highest BCUT2D eigenvalue weighted by Crippen LogP contribution is 2.41. The van der Waals surface area contributed by atoms with E-state index in [1.807, 2.05) is 5.38 Å². The minimum absolute atomic E-state index is 0.160. The van der Waals surface area contributed by atoms with Gasteiger partial charge in [0.05, 0.1) is 5.69 Å². The molecule has 4 rings (SSSR count). The number of carbonyl (C=O) groups excluding carboxylic acids is 1. The lowest BCUT2D eigenvalue weighted by molar-refractivity contribution is -0.117. The fraction of sp³-hybridized carbons (Fsp3) is 0.286. The van der Waals surface area contributed by atoms with Crippen LogP contribution < -0.4 is 5.56 Å². The molecular formula is C21H19ClN2O2S. The number of aromatic amines is 1. The smallest absolute Gasteiger partial charge is 0.266 e. The van der Waals surface area contributed by atoms with Crippen molar-refractivity contribution in [2.45, 2.75) is 39.0 Å². The van der Waals surface area contributed by atoms with Gasteiger partial charge in [-0.1, -0.05) is 23.7 Å². The van der Waals surface area contributed by atoms with Crippen molar-refractivity contribution >= 4 is 28.7 Å². The van der Waals surface area contributed by atoms with E-state index in [0.717, 1.165) is 34.7 Å². The van der Waals surface area contributed by atoms with Crippen molar-refractivity contribution in [3.05, 3.63) is 61.8 Å². The number of hydrogen-bond donors (Lipinski definition) is 1. The number of thiazole rings is 1. The van der Waals surface area contributed by atoms with Crippen LogP contribution in [0, 0.1) is 6.92 Å². The molecule has 27 heavy (non-hydrogen) atoms. The molecule has 0 fully saturated rings. The number of rotatable bonds is 4. The highest BCUT2D eigenvalue weighted by atomic mass is 35.5. The van der Waals surface area contributed by atoms with E-state index in [1.54, 1.807) is 30.5 Å². The van der Waals surface area contributed by atoms with Gasteiger partial charge >= 0.3 is 0 Å². The predicted octanol–water partition coefficient (Wildman–Crippen LogP) is 5.14. The second-order valence-corrected chi connectivity index (χ2v) is 8.32. The Morgan fingerprint density at radius 3 is 2.96 bits per heavy atom. The van der Waals surface area contributed by atoms with E-state index < -0.39 is 0 Å². The highest BCUT2D eigenvalue weighted by Gasteiger charge is 2.26. The molecule has 0 aliphatic heterocycles. The molecule has 0 saturated carbocycles. The minimum atomic E-state index is -0.301. The van der Waals surface area contributed by atoms with Gasteiger partial charge < -0.3 is 9.78 Å². The van der Waals surface area contributed by atoms with Crippen LogP contribution in [0.25, 0.3) is 21.8 Å². The standard InChI is InChI=1S/C21H19ClN2O2S/c1-11(25)7-13-3-4-15-12(2)16(5-6-17(13)15)21-24-19(10-27-21)14-8-18(22)20(26)23-9-14/h5-6,8-10,13H,3-4,7H2,1-2H3,(H,23,26). The summed E-state index contributed by atoms with van der Waals surface area (Å²) >= 11 is 7.51. The van der Waals surface area contributed by atoms with Crippen molar-refractivity contribution < 1.29 is 4.79 Å². The Morgan fingerprint density at radius 2 is 2.22 bits per heavy atom. The molecule has 0 saturated heterocycles. The SMILES string of the molecule is CC(=O)CC1CCc2c1ccc(-c1nc(-c3c[nH]c(=O)c(Cl)c3)cs1)c2C. The van der Waals surface area contributed by atoms with Crippen LogP contribution in [0.1, 0.15) is 42.4 Å². The van der Waals surface area contributed by atoms with Gasteiger partial charge in [0, 0.05) is 29.1 Å². The molecule has 1 aromatic carbocycles. The zero-order valence-corrected chi connectivity index (χ0v) is 16.7. The van der Waals surface area contributed by atoms with Gasteiger partial charge in [0.15, 0.2) is 0 Å². The monoisotopic (exact) mass is 398 g/mol. The highest BCUT2D eigenvalue weighted by molar-refractivity contribution is 7.13. The van der Waals surface area contributed by atoms with Crippen LogP contribution in [0.2, 0.25) is 5.02 Å². The number of pyridine rings is 1. The van der Waals surface area contributed by atoms with Crippen LogP contribution in [0.5, 0.6) is 0 Å². The van der Waals surface area contributed by atoms with E-state index in [9.17, 15) is 9.59 Å². The van der Waals surface area contributed by atoms with Crippen molar-refractivity contribution in [2.24, 2.45) is 0 Å². The Morgan fingerprint density at radius 1 is 1.41 bits per heavy atom. The number of ketones is 1. The van der Waals surface area contributed by atoms with E-state index >= 15 is 0 Å². The van der Waals surface area contributed by atoms with Crippen LogP contribution in [-0.4, -0.2) is 15.8 Å². The van der Waals surface area contributed by atoms with Gasteiger partial charge in [-0.05, 0) is 55.4 Å². The van der Waals surface area contributed by atoms with Crippen LogP contribution in [0.3, 0.4) is 0 Å². The third kappa shape index (κ3) is 3.37. The number of carbonyl (C=O) groups is 1. The molecule has 2 aromatic heterocycles. The molecule has 1 unspecified atom stereocenters. The summed E-state index contributed by atoms with van der Waals surface area (Å²) in [7, 11) is 0. The first-order chi connectivity index (χ1) is 12.9. The van der Waals surface area contributed by atoms with Gasteiger partial charge in [-0.3, -0.25) is 4.79 Å². The van der Waals surface area contributed by atoms with Gasteiger partial charge in [-0.15, -0.1) is 11.3 Å². The molecule has 2 heterocycles. The van der Waals surface area contributed by atoms with E-state index in [2.05, 4.69) is 24.0 Å². The molecule has 0 spiro atoms. The normalized spacial score (nSPS) is 15.7. The number of nitrogens with zero attached hydrogens (tertiary/aromatic N) is 1. The predicted molar refractivity (Wildman–Crippen MR) is 110 cm³/mol. The van der Waals surface area contributed by atoms with Crippen LogP contribution in [0.4, 0.5) is 0 Å². The van der Waals surface area contributed by atoms with E-state index in [-0.39, 0.29) is 16.4 Å². The largest absolute Gasteiger partial charge is 0.327 e. The van der Waals surface area contributed by atoms with Gasteiger partial charge in [-0.25, -0.2) is 4.98 Å². The number of fused-ring (bicyclic) bond motifs is 1. The quantitative estimate of drug-likeness (QED) is 0.662. The second-order valence-electron chi connectivity index (χ2n) is 7.05. The first-order valence-corrected chi connectivity index (χ1v) is 10.2. The van der Waals surface area contributed by atoms with Crippen LogP contribution in [0.15, 0.2) is 34.6 Å². The summed E-state index contributed by atoms with van der Waals surface area (Å²) in [4.78, 5) is 30.4. The molecule has 0 bridgehead atoms. The summed E-state index contributed by atoms with van der Waals surface area (Å²) in [5.74, 6) is 0.596. The van der Waals surface area contributed by atoms with Crippen molar-refractivity contribution in [1.29, 1.82) is 0 Å². The molecule has 3 aromatic rings. The molecule has 1 atom stereocenters. The van der Waals surface area contributed by atoms with Gasteiger partial charge in [0.2, 0.25) is 0 Å². The summed E-state index contributed by atoms with van der Waals surface area (Å²) in [5.41, 5.74) is 6.34. The lowest BCUT2D eigenvalue weighted by Crippen LogP contribution is -2.04. The Kier molecular flexibility index (Phi) is 4.74. The Hall–Kier alpha value is -2.24. The van der Waals surface area contributed by atoms with Crippen molar-refractivity contribution in [3.63, 3.8) is 0 Å². The maximum atomic E-state index is 11.5. The topological polar surface area (TPSA) is 62.8 Å².